The summed E-state index contributed by atoms with van der Waals surface area (Å²) in [5.41, 5.74) is 2.22. The number of aromatic nitrogens is 1. The van der Waals surface area contributed by atoms with Crippen molar-refractivity contribution in [2.24, 2.45) is 0 Å². The molecule has 0 radical (unpaired) electrons. The van der Waals surface area contributed by atoms with Crippen molar-refractivity contribution in [2.75, 3.05) is 29.5 Å². The van der Waals surface area contributed by atoms with Crippen LogP contribution in [0.2, 0.25) is 0 Å². The highest BCUT2D eigenvalue weighted by molar-refractivity contribution is 7.91. The zero-order chi connectivity index (χ0) is 13.9. The number of rotatable bonds is 4. The number of pyridine rings is 1. The molecule has 1 aliphatic heterocycles. The van der Waals surface area contributed by atoms with E-state index >= 15 is 0 Å². The van der Waals surface area contributed by atoms with E-state index in [9.17, 15) is 8.42 Å². The van der Waals surface area contributed by atoms with E-state index in [1.807, 2.05) is 12.3 Å². The third kappa shape index (κ3) is 3.91. The summed E-state index contributed by atoms with van der Waals surface area (Å²) in [6, 6.07) is 2.38. The molecule has 0 unspecified atom stereocenters. The van der Waals surface area contributed by atoms with E-state index < -0.39 is 9.84 Å². The summed E-state index contributed by atoms with van der Waals surface area (Å²) in [5.74, 6) is 0.485. The van der Waals surface area contributed by atoms with Crippen LogP contribution in [0.1, 0.15) is 19.4 Å². The quantitative estimate of drug-likeness (QED) is 0.886. The van der Waals surface area contributed by atoms with Crippen molar-refractivity contribution in [1.29, 1.82) is 0 Å². The van der Waals surface area contributed by atoms with Crippen LogP contribution >= 0.6 is 0 Å². The van der Waals surface area contributed by atoms with Gasteiger partial charge in [-0.2, -0.15) is 0 Å². The van der Waals surface area contributed by atoms with Crippen LogP contribution in [0, 0.1) is 0 Å². The van der Waals surface area contributed by atoms with Gasteiger partial charge in [0.25, 0.3) is 0 Å². The largest absolute Gasteiger partial charge is 0.369 e. The first-order valence-electron chi connectivity index (χ1n) is 6.59. The highest BCUT2D eigenvalue weighted by Crippen LogP contribution is 2.21. The smallest absolute Gasteiger partial charge is 0.153 e. The molecule has 1 aliphatic rings. The molecule has 1 aromatic heterocycles. The van der Waals surface area contributed by atoms with Gasteiger partial charge in [0, 0.05) is 49.3 Å². The molecule has 0 atom stereocenters. The third-order valence-electron chi connectivity index (χ3n) is 3.26. The van der Waals surface area contributed by atoms with Gasteiger partial charge in [-0.3, -0.25) is 4.98 Å². The fourth-order valence-corrected chi connectivity index (χ4v) is 3.33. The van der Waals surface area contributed by atoms with Gasteiger partial charge in [-0.15, -0.1) is 0 Å². The van der Waals surface area contributed by atoms with Crippen LogP contribution in [0.4, 0.5) is 5.69 Å². The van der Waals surface area contributed by atoms with Gasteiger partial charge in [-0.1, -0.05) is 13.8 Å². The lowest BCUT2D eigenvalue weighted by molar-refractivity contribution is 0.581. The first kappa shape index (κ1) is 14.3. The number of nitrogens with zero attached hydrogens (tertiary/aromatic N) is 2. The fourth-order valence-electron chi connectivity index (χ4n) is 2.13. The Labute approximate surface area is 114 Å². The van der Waals surface area contributed by atoms with Crippen molar-refractivity contribution in [3.05, 3.63) is 24.0 Å². The van der Waals surface area contributed by atoms with E-state index in [4.69, 9.17) is 0 Å². The molecule has 6 heteroatoms. The molecule has 19 heavy (non-hydrogen) atoms. The van der Waals surface area contributed by atoms with Gasteiger partial charge in [0.1, 0.15) is 0 Å². The maximum Gasteiger partial charge on any atom is 0.153 e. The standard InChI is InChI=1S/C13H21N3O2S/c1-11(2)15-10-12-9-14-4-3-13(12)16-5-7-19(17,18)8-6-16/h3-4,9,11,15H,5-8,10H2,1-2H3. The van der Waals surface area contributed by atoms with Gasteiger partial charge in [-0.25, -0.2) is 8.42 Å². The number of hydrogen-bond acceptors (Lipinski definition) is 5. The Bertz CT molecular complexity index is 514. The van der Waals surface area contributed by atoms with E-state index in [-0.39, 0.29) is 11.5 Å². The average Bonchev–Trinajstić information content (AvgIpc) is 2.37. The Kier molecular flexibility index (Phi) is 4.42. The lowest BCUT2D eigenvalue weighted by Crippen LogP contribution is -2.41. The van der Waals surface area contributed by atoms with Crippen LogP contribution in [0.5, 0.6) is 0 Å². The maximum absolute atomic E-state index is 11.5. The minimum absolute atomic E-state index is 0.242. The minimum Gasteiger partial charge on any atom is -0.369 e. The second kappa shape index (κ2) is 5.88. The Balaban J connectivity index is 2.11. The van der Waals surface area contributed by atoms with Crippen LogP contribution in [0.25, 0.3) is 0 Å². The maximum atomic E-state index is 11.5. The van der Waals surface area contributed by atoms with Crippen LogP contribution in [0.15, 0.2) is 18.5 Å². The monoisotopic (exact) mass is 283 g/mol. The van der Waals surface area contributed by atoms with Crippen molar-refractivity contribution in [1.82, 2.24) is 10.3 Å². The van der Waals surface area contributed by atoms with Crippen LogP contribution in [-0.2, 0) is 16.4 Å². The van der Waals surface area contributed by atoms with Gasteiger partial charge in [0.15, 0.2) is 9.84 Å². The molecule has 0 aliphatic carbocycles. The van der Waals surface area contributed by atoms with E-state index in [0.29, 0.717) is 19.1 Å². The minimum atomic E-state index is -2.84. The van der Waals surface area contributed by atoms with Crippen LogP contribution in [0.3, 0.4) is 0 Å². The summed E-state index contributed by atoms with van der Waals surface area (Å²) in [6.45, 7) is 6.10. The van der Waals surface area contributed by atoms with E-state index in [2.05, 4.69) is 29.0 Å². The lowest BCUT2D eigenvalue weighted by atomic mass is 10.2. The molecule has 0 amide bonds. The molecule has 0 bridgehead atoms. The Morgan fingerprint density at radius 3 is 2.68 bits per heavy atom. The highest BCUT2D eigenvalue weighted by Gasteiger charge is 2.23. The van der Waals surface area contributed by atoms with Crippen molar-refractivity contribution >= 4 is 15.5 Å². The molecular weight excluding hydrogens is 262 g/mol. The summed E-state index contributed by atoms with van der Waals surface area (Å²) < 4.78 is 23.0. The fraction of sp³-hybridized carbons (Fsp3) is 0.615. The third-order valence-corrected chi connectivity index (χ3v) is 4.87. The normalized spacial score (nSPS) is 18.8. The molecule has 1 aromatic rings. The summed E-state index contributed by atoms with van der Waals surface area (Å²) in [5, 5.41) is 3.37. The Morgan fingerprint density at radius 2 is 2.05 bits per heavy atom. The molecule has 1 N–H and O–H groups in total. The van der Waals surface area contributed by atoms with Crippen molar-refractivity contribution in [3.8, 4) is 0 Å². The summed E-state index contributed by atoms with van der Waals surface area (Å²) in [6.07, 6.45) is 3.62. The van der Waals surface area contributed by atoms with E-state index in [0.717, 1.165) is 17.8 Å². The molecule has 1 saturated heterocycles. The molecule has 2 rings (SSSR count). The SMILES string of the molecule is CC(C)NCc1cnccc1N1CCS(=O)(=O)CC1. The first-order valence-corrected chi connectivity index (χ1v) is 8.42. The van der Waals surface area contributed by atoms with Crippen LogP contribution in [-0.4, -0.2) is 44.0 Å². The zero-order valence-corrected chi connectivity index (χ0v) is 12.3. The number of sulfone groups is 1. The van der Waals surface area contributed by atoms with E-state index in [1.54, 1.807) is 6.20 Å². The number of hydrogen-bond donors (Lipinski definition) is 1. The van der Waals surface area contributed by atoms with Gasteiger partial charge >= 0.3 is 0 Å². The van der Waals surface area contributed by atoms with Gasteiger partial charge in [-0.05, 0) is 6.07 Å². The van der Waals surface area contributed by atoms with Gasteiger partial charge in [0.2, 0.25) is 0 Å². The van der Waals surface area contributed by atoms with Crippen molar-refractivity contribution in [2.45, 2.75) is 26.4 Å². The molecule has 5 nitrogen and oxygen atoms in total. The molecule has 0 aromatic carbocycles. The second-order valence-electron chi connectivity index (χ2n) is 5.18. The van der Waals surface area contributed by atoms with Crippen molar-refractivity contribution in [3.63, 3.8) is 0 Å². The predicted molar refractivity (Wildman–Crippen MR) is 77.1 cm³/mol. The lowest BCUT2D eigenvalue weighted by Gasteiger charge is -2.30. The zero-order valence-electron chi connectivity index (χ0n) is 11.5. The first-order chi connectivity index (χ1) is 8.98. The predicted octanol–water partition coefficient (Wildman–Crippen LogP) is 0.814. The molecule has 2 heterocycles. The second-order valence-corrected chi connectivity index (χ2v) is 7.48. The van der Waals surface area contributed by atoms with Crippen molar-refractivity contribution < 1.29 is 8.42 Å². The topological polar surface area (TPSA) is 62.3 Å². The average molecular weight is 283 g/mol. The van der Waals surface area contributed by atoms with Crippen LogP contribution < -0.4 is 10.2 Å². The Morgan fingerprint density at radius 1 is 1.37 bits per heavy atom. The molecule has 106 valence electrons. The highest BCUT2D eigenvalue weighted by atomic mass is 32.2. The summed E-state index contributed by atoms with van der Waals surface area (Å²) in [4.78, 5) is 6.30. The molecular formula is C13H21N3O2S. The summed E-state index contributed by atoms with van der Waals surface area (Å²) in [7, 11) is -2.84. The number of nitrogens with one attached hydrogen (secondary N) is 1. The Hall–Kier alpha value is -1.14. The molecule has 0 saturated carbocycles. The number of anilines is 1. The molecule has 0 spiro atoms. The van der Waals surface area contributed by atoms with Gasteiger partial charge < -0.3 is 10.2 Å². The van der Waals surface area contributed by atoms with Gasteiger partial charge in [0.05, 0.1) is 11.5 Å². The summed E-state index contributed by atoms with van der Waals surface area (Å²) >= 11 is 0. The molecule has 1 fully saturated rings. The van der Waals surface area contributed by atoms with E-state index in [1.165, 1.54) is 0 Å².